The lowest BCUT2D eigenvalue weighted by Gasteiger charge is -2.27. The number of nitrogens with two attached hydrogens (primary N) is 1. The van der Waals surface area contributed by atoms with E-state index < -0.39 is 35.6 Å². The zero-order valence-electron chi connectivity index (χ0n) is 35.4. The minimum atomic E-state index is -1.04. The SMILES string of the molecule is N=c1c2c(-c3ccccc3)c(-c3ccccc3)n(Cc3ccc(C(N)=O)c(CCCCCNc4cccc5c4C(=O)N(C4CCC(=O)NC4=O)C5=O)c3)c2ncn1[C@H]1CC[C@H](O)CC1. The first kappa shape index (κ1) is 42.1. The molecule has 3 aliphatic rings. The third-order valence-electron chi connectivity index (χ3n) is 12.9. The number of hydrogen-bond donors (Lipinski definition) is 5. The Balaban J connectivity index is 0.952. The van der Waals surface area contributed by atoms with Crippen LogP contribution in [0.3, 0.4) is 0 Å². The molecule has 0 spiro atoms. The summed E-state index contributed by atoms with van der Waals surface area (Å²) in [7, 11) is 0. The van der Waals surface area contributed by atoms with Crippen LogP contribution in [0, 0.1) is 5.41 Å². The highest BCUT2D eigenvalue weighted by Gasteiger charge is 2.45. The maximum absolute atomic E-state index is 13.5. The van der Waals surface area contributed by atoms with Crippen LogP contribution >= 0.6 is 0 Å². The van der Waals surface area contributed by atoms with Gasteiger partial charge in [-0.15, -0.1) is 0 Å². The number of aliphatic hydroxyl groups is 1. The molecule has 1 saturated carbocycles. The van der Waals surface area contributed by atoms with Gasteiger partial charge in [0.2, 0.25) is 17.7 Å². The second-order valence-electron chi connectivity index (χ2n) is 17.0. The minimum Gasteiger partial charge on any atom is -0.393 e. The van der Waals surface area contributed by atoms with Crippen molar-refractivity contribution >= 4 is 46.3 Å². The molecule has 6 N–H and O–H groups in total. The number of carbonyl (C=O) groups is 5. The highest BCUT2D eigenvalue weighted by Crippen LogP contribution is 2.40. The monoisotopic (exact) mass is 858 g/mol. The average molecular weight is 859 g/mol. The maximum Gasteiger partial charge on any atom is 0.264 e. The molecule has 0 radical (unpaired) electrons. The molecule has 1 unspecified atom stereocenters. The number of unbranched alkanes of at least 4 members (excludes halogenated alkanes) is 2. The summed E-state index contributed by atoms with van der Waals surface area (Å²) in [5.74, 6) is -2.69. The molecular weight excluding hydrogens is 809 g/mol. The van der Waals surface area contributed by atoms with E-state index in [0.29, 0.717) is 54.7 Å². The largest absolute Gasteiger partial charge is 0.393 e. The number of benzene rings is 4. The van der Waals surface area contributed by atoms with E-state index in [0.717, 1.165) is 75.9 Å². The van der Waals surface area contributed by atoms with Crippen molar-refractivity contribution in [2.75, 3.05) is 11.9 Å². The molecule has 2 fully saturated rings. The molecule has 2 aliphatic heterocycles. The van der Waals surface area contributed by atoms with Gasteiger partial charge in [-0.1, -0.05) is 85.3 Å². The highest BCUT2D eigenvalue weighted by atomic mass is 16.3. The van der Waals surface area contributed by atoms with Gasteiger partial charge in [0.1, 0.15) is 17.2 Å². The zero-order valence-corrected chi connectivity index (χ0v) is 35.4. The summed E-state index contributed by atoms with van der Waals surface area (Å²) in [5.41, 5.74) is 14.0. The predicted molar refractivity (Wildman–Crippen MR) is 241 cm³/mol. The molecule has 6 aromatic rings. The number of amides is 5. The second-order valence-corrected chi connectivity index (χ2v) is 17.0. The number of imide groups is 2. The Bertz CT molecular complexity index is 2860. The average Bonchev–Trinajstić information content (AvgIpc) is 3.76. The zero-order chi connectivity index (χ0) is 44.5. The molecule has 0 bridgehead atoms. The summed E-state index contributed by atoms with van der Waals surface area (Å²) in [5, 5.41) is 26.3. The van der Waals surface area contributed by atoms with E-state index in [2.05, 4.69) is 39.5 Å². The van der Waals surface area contributed by atoms with Crippen LogP contribution in [0.1, 0.15) is 106 Å². The Kier molecular flexibility index (Phi) is 11.8. The molecule has 1 aliphatic carbocycles. The van der Waals surface area contributed by atoms with Crippen LogP contribution in [0.4, 0.5) is 5.69 Å². The van der Waals surface area contributed by atoms with Crippen LogP contribution < -0.4 is 21.9 Å². The summed E-state index contributed by atoms with van der Waals surface area (Å²) in [6.45, 7) is 0.929. The third-order valence-corrected chi connectivity index (χ3v) is 12.9. The van der Waals surface area contributed by atoms with Gasteiger partial charge in [0.25, 0.3) is 11.8 Å². The van der Waals surface area contributed by atoms with Gasteiger partial charge in [0.15, 0.2) is 0 Å². The van der Waals surface area contributed by atoms with Gasteiger partial charge in [-0.2, -0.15) is 0 Å². The standard InChI is InChI=1S/C50H50N8O6/c51-45-43-41(31-11-4-1-5-12-31)44(32-13-6-2-7-14-32)56(47(43)54-29-57(45)34-19-21-35(59)22-20-34)28-30-18-23-36(46(52)61)33(27-30)15-8-3-9-26-53-38-17-10-16-37-42(38)50(64)58(49(37)63)39-24-25-40(60)55-48(39)62/h1-2,4-7,10-14,16-18,23,27,29,34-35,39,51,53,59H,3,8-9,15,19-22,24-26,28H2,(H2,52,61)(H,55,60,62)/t34-,35-,39?. The second kappa shape index (κ2) is 17.9. The third kappa shape index (κ3) is 8.00. The summed E-state index contributed by atoms with van der Waals surface area (Å²) in [4.78, 5) is 69.9. The van der Waals surface area contributed by atoms with Crippen molar-refractivity contribution in [3.8, 4) is 22.4 Å². The summed E-state index contributed by atoms with van der Waals surface area (Å²) in [6, 6.07) is 30.1. The molecule has 5 amide bonds. The van der Waals surface area contributed by atoms with Crippen LogP contribution in [0.2, 0.25) is 0 Å². The lowest BCUT2D eigenvalue weighted by atomic mass is 9.93. The first-order chi connectivity index (χ1) is 31.1. The van der Waals surface area contributed by atoms with Crippen LogP contribution in [0.15, 0.2) is 103 Å². The van der Waals surface area contributed by atoms with Gasteiger partial charge in [0, 0.05) is 42.4 Å². The van der Waals surface area contributed by atoms with E-state index in [9.17, 15) is 34.5 Å². The van der Waals surface area contributed by atoms with Crippen molar-refractivity contribution in [1.29, 1.82) is 5.41 Å². The molecular formula is C50H50N8O6. The number of fused-ring (bicyclic) bond motifs is 2. The number of anilines is 1. The number of primary amides is 1. The summed E-state index contributed by atoms with van der Waals surface area (Å²) < 4.78 is 4.15. The van der Waals surface area contributed by atoms with Gasteiger partial charge >= 0.3 is 0 Å². The van der Waals surface area contributed by atoms with Gasteiger partial charge in [-0.25, -0.2) is 4.98 Å². The van der Waals surface area contributed by atoms with Crippen molar-refractivity contribution in [1.82, 2.24) is 24.3 Å². The number of hydrogen-bond acceptors (Lipinski definition) is 9. The summed E-state index contributed by atoms with van der Waals surface area (Å²) in [6.07, 6.45) is 7.39. The molecule has 1 saturated heterocycles. The molecule has 64 heavy (non-hydrogen) atoms. The fraction of sp³-hybridized carbons (Fsp3) is 0.300. The molecule has 4 aromatic carbocycles. The van der Waals surface area contributed by atoms with Crippen molar-refractivity contribution < 1.29 is 29.1 Å². The Hall–Kier alpha value is -7.19. The number of nitrogens with zero attached hydrogens (tertiary/aromatic N) is 4. The molecule has 2 aromatic heterocycles. The number of rotatable bonds is 14. The smallest absolute Gasteiger partial charge is 0.264 e. The first-order valence-corrected chi connectivity index (χ1v) is 22.1. The Morgan fingerprint density at radius 2 is 1.56 bits per heavy atom. The molecule has 1 atom stereocenters. The Labute approximate surface area is 369 Å². The van der Waals surface area contributed by atoms with Gasteiger partial charge < -0.3 is 25.3 Å². The van der Waals surface area contributed by atoms with Crippen molar-refractivity contribution in [2.45, 2.75) is 88.9 Å². The van der Waals surface area contributed by atoms with Gasteiger partial charge in [-0.3, -0.25) is 39.6 Å². The lowest BCUT2D eigenvalue weighted by Crippen LogP contribution is -2.54. The highest BCUT2D eigenvalue weighted by molar-refractivity contribution is 6.25. The molecule has 14 heteroatoms. The van der Waals surface area contributed by atoms with Crippen LogP contribution in [0.25, 0.3) is 33.4 Å². The number of nitrogens with one attached hydrogen (secondary N) is 3. The molecule has 326 valence electrons. The van der Waals surface area contributed by atoms with Crippen molar-refractivity contribution in [3.63, 3.8) is 0 Å². The fourth-order valence-electron chi connectivity index (χ4n) is 9.70. The number of piperidine rings is 1. The van der Waals surface area contributed by atoms with E-state index in [1.54, 1.807) is 30.6 Å². The quantitative estimate of drug-likeness (QED) is 0.0603. The van der Waals surface area contributed by atoms with Crippen LogP contribution in [-0.2, 0) is 22.6 Å². The molecule has 4 heterocycles. The minimum absolute atomic E-state index is 0.0501. The van der Waals surface area contributed by atoms with E-state index >= 15 is 0 Å². The van der Waals surface area contributed by atoms with E-state index in [1.165, 1.54) is 0 Å². The number of aromatic nitrogens is 3. The fourth-order valence-corrected chi connectivity index (χ4v) is 9.70. The van der Waals surface area contributed by atoms with Gasteiger partial charge in [-0.05, 0) is 91.8 Å². The number of carbonyl (C=O) groups excluding carboxylic acids is 5. The topological polar surface area (TPSA) is 205 Å². The maximum atomic E-state index is 13.5. The van der Waals surface area contributed by atoms with E-state index in [-0.39, 0.29) is 36.1 Å². The number of aryl methyl sites for hydroxylation is 1. The Morgan fingerprint density at radius 1 is 0.828 bits per heavy atom. The summed E-state index contributed by atoms with van der Waals surface area (Å²) >= 11 is 0. The normalized spacial score (nSPS) is 18.6. The van der Waals surface area contributed by atoms with Crippen LogP contribution in [-0.4, -0.2) is 72.4 Å². The van der Waals surface area contributed by atoms with Crippen molar-refractivity contribution in [3.05, 3.63) is 137 Å². The first-order valence-electron chi connectivity index (χ1n) is 22.1. The van der Waals surface area contributed by atoms with Gasteiger partial charge in [0.05, 0.1) is 34.6 Å². The van der Waals surface area contributed by atoms with E-state index in [4.69, 9.17) is 10.7 Å². The van der Waals surface area contributed by atoms with Crippen molar-refractivity contribution in [2.24, 2.45) is 5.73 Å². The van der Waals surface area contributed by atoms with Crippen LogP contribution in [0.5, 0.6) is 0 Å². The lowest BCUT2D eigenvalue weighted by molar-refractivity contribution is -0.136. The predicted octanol–water partition coefficient (Wildman–Crippen LogP) is 6.50. The molecule has 9 rings (SSSR count). The Morgan fingerprint density at radius 3 is 2.28 bits per heavy atom. The van der Waals surface area contributed by atoms with E-state index in [1.807, 2.05) is 53.1 Å². The molecule has 14 nitrogen and oxygen atoms in total. The number of aliphatic hydroxyl groups excluding tert-OH is 1.